The molecule has 114 valence electrons. The minimum Gasteiger partial charge on any atom is -0.363 e. The molecule has 0 radical (unpaired) electrons. The van der Waals surface area contributed by atoms with Crippen LogP contribution >= 0.6 is 0 Å². The van der Waals surface area contributed by atoms with Crippen molar-refractivity contribution in [1.29, 1.82) is 0 Å². The van der Waals surface area contributed by atoms with E-state index < -0.39 is 11.9 Å². The fourth-order valence-electron chi connectivity index (χ4n) is 2.14. The van der Waals surface area contributed by atoms with Gasteiger partial charge in [-0.3, -0.25) is 4.40 Å². The molecule has 0 saturated heterocycles. The summed E-state index contributed by atoms with van der Waals surface area (Å²) in [6.07, 6.45) is -2.02. The Morgan fingerprint density at radius 2 is 1.91 bits per heavy atom. The third kappa shape index (κ3) is 2.74. The first-order valence-corrected chi connectivity index (χ1v) is 6.65. The normalized spacial score (nSPS) is 11.8. The van der Waals surface area contributed by atoms with Gasteiger partial charge in [0.25, 0.3) is 0 Å². The molecule has 3 rings (SSSR count). The second kappa shape index (κ2) is 5.32. The van der Waals surface area contributed by atoms with Crippen LogP contribution in [0.25, 0.3) is 5.65 Å². The van der Waals surface area contributed by atoms with Gasteiger partial charge in [-0.2, -0.15) is 13.2 Å². The van der Waals surface area contributed by atoms with Gasteiger partial charge in [-0.05, 0) is 12.5 Å². The van der Waals surface area contributed by atoms with Gasteiger partial charge >= 0.3 is 6.18 Å². The van der Waals surface area contributed by atoms with Gasteiger partial charge in [0.2, 0.25) is 0 Å². The van der Waals surface area contributed by atoms with Crippen LogP contribution in [-0.2, 0) is 12.7 Å². The second-order valence-corrected chi connectivity index (χ2v) is 4.90. The molecule has 0 aliphatic rings. The number of nitrogens with one attached hydrogen (secondary N) is 1. The summed E-state index contributed by atoms with van der Waals surface area (Å²) < 4.78 is 40.3. The van der Waals surface area contributed by atoms with Crippen molar-refractivity contribution in [2.24, 2.45) is 0 Å². The number of alkyl halides is 3. The Bertz CT molecular complexity index is 794. The number of imidazole rings is 1. The number of anilines is 1. The Balaban J connectivity index is 2.00. The van der Waals surface area contributed by atoms with Crippen molar-refractivity contribution < 1.29 is 13.2 Å². The van der Waals surface area contributed by atoms with E-state index in [0.717, 1.165) is 11.8 Å². The molecule has 2 aromatic heterocycles. The van der Waals surface area contributed by atoms with Crippen LogP contribution in [0.4, 0.5) is 19.0 Å². The van der Waals surface area contributed by atoms with Crippen molar-refractivity contribution in [2.75, 3.05) is 5.32 Å². The smallest absolute Gasteiger partial charge is 0.363 e. The molecule has 7 heteroatoms. The molecule has 1 aromatic carbocycles. The fraction of sp³-hybridized carbons (Fsp3) is 0.200. The fourth-order valence-corrected chi connectivity index (χ4v) is 2.14. The van der Waals surface area contributed by atoms with E-state index in [-0.39, 0.29) is 5.82 Å². The van der Waals surface area contributed by atoms with Crippen LogP contribution < -0.4 is 5.32 Å². The number of halogens is 3. The van der Waals surface area contributed by atoms with Gasteiger partial charge in [0.05, 0.1) is 0 Å². The Kier molecular flexibility index (Phi) is 3.48. The number of nitrogens with zero attached hydrogens (tertiary/aromatic N) is 3. The van der Waals surface area contributed by atoms with Crippen LogP contribution in [0.1, 0.15) is 17.0 Å². The topological polar surface area (TPSA) is 42.2 Å². The summed E-state index contributed by atoms with van der Waals surface area (Å²) in [6, 6.07) is 9.38. The van der Waals surface area contributed by atoms with Gasteiger partial charge in [-0.1, -0.05) is 30.3 Å². The van der Waals surface area contributed by atoms with Crippen molar-refractivity contribution in [3.8, 4) is 0 Å². The van der Waals surface area contributed by atoms with Crippen LogP contribution in [0.2, 0.25) is 0 Å². The number of fused-ring (bicyclic) bond motifs is 1. The number of hydrogen-bond acceptors (Lipinski definition) is 3. The van der Waals surface area contributed by atoms with Gasteiger partial charge in [-0.15, -0.1) is 0 Å². The monoisotopic (exact) mass is 306 g/mol. The number of rotatable bonds is 3. The lowest BCUT2D eigenvalue weighted by molar-refractivity contribution is -0.141. The zero-order chi connectivity index (χ0) is 15.7. The maximum atomic E-state index is 13.0. The predicted octanol–water partition coefficient (Wildman–Crippen LogP) is 3.67. The summed E-state index contributed by atoms with van der Waals surface area (Å²) in [5, 5.41) is 2.94. The standard InChI is InChI=1S/C15H13F3N4/c1-10-7-20-14-13(19-8-11-5-3-2-4-6-11)21-12(9-22(10)14)15(16,17)18/h2-7,9H,8H2,1H3,(H,19,21). The zero-order valence-corrected chi connectivity index (χ0v) is 11.7. The van der Waals surface area contributed by atoms with E-state index in [1.54, 1.807) is 6.92 Å². The Morgan fingerprint density at radius 3 is 2.59 bits per heavy atom. The number of aromatic nitrogens is 3. The molecule has 22 heavy (non-hydrogen) atoms. The summed E-state index contributed by atoms with van der Waals surface area (Å²) >= 11 is 0. The molecule has 0 saturated carbocycles. The SMILES string of the molecule is Cc1cnc2c(NCc3ccccc3)nc(C(F)(F)F)cn12. The van der Waals surface area contributed by atoms with Gasteiger partial charge < -0.3 is 5.32 Å². The Morgan fingerprint density at radius 1 is 1.18 bits per heavy atom. The molecule has 2 heterocycles. The first kappa shape index (κ1) is 14.4. The molecule has 1 N–H and O–H groups in total. The molecule has 4 nitrogen and oxygen atoms in total. The Labute approximate surface area is 124 Å². The third-order valence-electron chi connectivity index (χ3n) is 3.27. The van der Waals surface area contributed by atoms with Crippen molar-refractivity contribution in [2.45, 2.75) is 19.6 Å². The Hall–Kier alpha value is -2.57. The van der Waals surface area contributed by atoms with Crippen LogP contribution in [0.3, 0.4) is 0 Å². The van der Waals surface area contributed by atoms with Crippen molar-refractivity contribution >= 4 is 11.5 Å². The van der Waals surface area contributed by atoms with Crippen LogP contribution in [0.5, 0.6) is 0 Å². The predicted molar refractivity (Wildman–Crippen MR) is 76.5 cm³/mol. The highest BCUT2D eigenvalue weighted by Crippen LogP contribution is 2.30. The van der Waals surface area contributed by atoms with E-state index in [1.165, 1.54) is 10.6 Å². The molecular formula is C15H13F3N4. The van der Waals surface area contributed by atoms with Gasteiger partial charge in [-0.25, -0.2) is 9.97 Å². The van der Waals surface area contributed by atoms with E-state index in [9.17, 15) is 13.2 Å². The zero-order valence-electron chi connectivity index (χ0n) is 11.7. The molecule has 0 spiro atoms. The summed E-state index contributed by atoms with van der Waals surface area (Å²) in [5.41, 5.74) is 0.992. The first-order valence-electron chi connectivity index (χ1n) is 6.65. The summed E-state index contributed by atoms with van der Waals surface area (Å²) in [5.74, 6) is 0.117. The number of aryl methyl sites for hydroxylation is 1. The maximum absolute atomic E-state index is 13.0. The molecular weight excluding hydrogens is 293 g/mol. The average Bonchev–Trinajstić information content (AvgIpc) is 2.87. The minimum atomic E-state index is -4.51. The quantitative estimate of drug-likeness (QED) is 0.803. The molecule has 0 aliphatic heterocycles. The largest absolute Gasteiger partial charge is 0.434 e. The first-order chi connectivity index (χ1) is 10.4. The van der Waals surface area contributed by atoms with Gasteiger partial charge in [0, 0.05) is 24.6 Å². The summed E-state index contributed by atoms with van der Waals surface area (Å²) in [7, 11) is 0. The average molecular weight is 306 g/mol. The molecule has 0 fully saturated rings. The van der Waals surface area contributed by atoms with Crippen molar-refractivity contribution in [3.05, 3.63) is 59.7 Å². The van der Waals surface area contributed by atoms with Crippen molar-refractivity contribution in [1.82, 2.24) is 14.4 Å². The van der Waals surface area contributed by atoms with E-state index in [1.807, 2.05) is 30.3 Å². The highest BCUT2D eigenvalue weighted by atomic mass is 19.4. The molecule has 3 aromatic rings. The van der Waals surface area contributed by atoms with E-state index in [0.29, 0.717) is 17.9 Å². The highest BCUT2D eigenvalue weighted by molar-refractivity contribution is 5.63. The van der Waals surface area contributed by atoms with Gasteiger partial charge in [0.1, 0.15) is 0 Å². The molecule has 0 atom stereocenters. The van der Waals surface area contributed by atoms with E-state index in [2.05, 4.69) is 15.3 Å². The lowest BCUT2D eigenvalue weighted by atomic mass is 10.2. The lowest BCUT2D eigenvalue weighted by Gasteiger charge is -2.12. The van der Waals surface area contributed by atoms with Crippen LogP contribution in [0, 0.1) is 6.92 Å². The van der Waals surface area contributed by atoms with Crippen LogP contribution in [-0.4, -0.2) is 14.4 Å². The van der Waals surface area contributed by atoms with Crippen molar-refractivity contribution in [3.63, 3.8) is 0 Å². The van der Waals surface area contributed by atoms with Gasteiger partial charge in [0.15, 0.2) is 17.2 Å². The van der Waals surface area contributed by atoms with Crippen LogP contribution in [0.15, 0.2) is 42.7 Å². The lowest BCUT2D eigenvalue weighted by Crippen LogP contribution is -2.13. The molecule has 0 amide bonds. The third-order valence-corrected chi connectivity index (χ3v) is 3.27. The molecule has 0 aliphatic carbocycles. The summed E-state index contributed by atoms with van der Waals surface area (Å²) in [4.78, 5) is 7.81. The maximum Gasteiger partial charge on any atom is 0.434 e. The second-order valence-electron chi connectivity index (χ2n) is 4.90. The highest BCUT2D eigenvalue weighted by Gasteiger charge is 2.34. The molecule has 0 bridgehead atoms. The molecule has 0 unspecified atom stereocenters. The number of benzene rings is 1. The minimum absolute atomic E-state index is 0.117. The van der Waals surface area contributed by atoms with E-state index >= 15 is 0 Å². The van der Waals surface area contributed by atoms with E-state index in [4.69, 9.17) is 0 Å². The number of hydrogen-bond donors (Lipinski definition) is 1. The summed E-state index contributed by atoms with van der Waals surface area (Å²) in [6.45, 7) is 2.07.